The second-order valence-corrected chi connectivity index (χ2v) is 3.74. The normalized spacial score (nSPS) is 21.0. The van der Waals surface area contributed by atoms with Crippen LogP contribution in [0.5, 0.6) is 0 Å². The zero-order valence-electron chi connectivity index (χ0n) is 8.03. The average Bonchev–Trinajstić information content (AvgIpc) is 2.93. The van der Waals surface area contributed by atoms with Gasteiger partial charge in [0, 0.05) is 24.7 Å². The molecule has 0 saturated heterocycles. The summed E-state index contributed by atoms with van der Waals surface area (Å²) < 4.78 is 0. The Morgan fingerprint density at radius 2 is 1.93 bits per heavy atom. The summed E-state index contributed by atoms with van der Waals surface area (Å²) in [4.78, 5) is 23.5. The Morgan fingerprint density at radius 3 is 2.50 bits per heavy atom. The Hall–Kier alpha value is -1.16. The standard InChI is InChI=1S/C10H14N2O2/c13-9-4-5-10(14)12(9)7-1-6-11-8-2-3-8/h4-5,8,11H,1-3,6-7H2. The maximum Gasteiger partial charge on any atom is 0.253 e. The summed E-state index contributed by atoms with van der Waals surface area (Å²) >= 11 is 0. The van der Waals surface area contributed by atoms with Gasteiger partial charge >= 0.3 is 0 Å². The van der Waals surface area contributed by atoms with E-state index in [2.05, 4.69) is 5.32 Å². The number of rotatable bonds is 5. The van der Waals surface area contributed by atoms with Crippen molar-refractivity contribution in [3.05, 3.63) is 12.2 Å². The predicted octanol–water partition coefficient (Wildman–Crippen LogP) is 0.0535. The molecule has 1 N–H and O–H groups in total. The molecule has 4 heteroatoms. The number of nitrogens with one attached hydrogen (secondary N) is 1. The molecule has 0 atom stereocenters. The van der Waals surface area contributed by atoms with Crippen LogP contribution in [0.1, 0.15) is 19.3 Å². The quantitative estimate of drug-likeness (QED) is 0.497. The first-order valence-corrected chi connectivity index (χ1v) is 5.04. The molecule has 14 heavy (non-hydrogen) atoms. The van der Waals surface area contributed by atoms with E-state index in [9.17, 15) is 9.59 Å². The highest BCUT2D eigenvalue weighted by atomic mass is 16.2. The molecule has 0 spiro atoms. The van der Waals surface area contributed by atoms with Gasteiger partial charge in [0.15, 0.2) is 0 Å². The number of hydrogen-bond acceptors (Lipinski definition) is 3. The van der Waals surface area contributed by atoms with Crippen molar-refractivity contribution in [1.82, 2.24) is 10.2 Å². The number of carbonyl (C=O) groups excluding carboxylic acids is 2. The molecule has 0 aromatic rings. The first kappa shape index (κ1) is 9.40. The number of hydrogen-bond donors (Lipinski definition) is 1. The molecular formula is C10H14N2O2. The van der Waals surface area contributed by atoms with E-state index in [0.717, 1.165) is 13.0 Å². The first-order valence-electron chi connectivity index (χ1n) is 5.04. The molecule has 0 bridgehead atoms. The molecule has 2 amide bonds. The van der Waals surface area contributed by atoms with Gasteiger partial charge in [-0.25, -0.2) is 0 Å². The van der Waals surface area contributed by atoms with Crippen LogP contribution in [0.15, 0.2) is 12.2 Å². The first-order chi connectivity index (χ1) is 6.77. The lowest BCUT2D eigenvalue weighted by Gasteiger charge is -2.13. The summed E-state index contributed by atoms with van der Waals surface area (Å²) in [5.74, 6) is -0.358. The molecule has 1 fully saturated rings. The fourth-order valence-electron chi connectivity index (χ4n) is 1.48. The predicted molar refractivity (Wildman–Crippen MR) is 51.5 cm³/mol. The van der Waals surface area contributed by atoms with E-state index >= 15 is 0 Å². The zero-order chi connectivity index (χ0) is 9.97. The van der Waals surface area contributed by atoms with Crippen LogP contribution in [0.3, 0.4) is 0 Å². The topological polar surface area (TPSA) is 49.4 Å². The van der Waals surface area contributed by atoms with Crippen molar-refractivity contribution in [2.75, 3.05) is 13.1 Å². The minimum Gasteiger partial charge on any atom is -0.314 e. The van der Waals surface area contributed by atoms with Crippen molar-refractivity contribution in [1.29, 1.82) is 0 Å². The van der Waals surface area contributed by atoms with E-state index in [1.54, 1.807) is 0 Å². The Balaban J connectivity index is 1.64. The highest BCUT2D eigenvalue weighted by Crippen LogP contribution is 2.18. The Kier molecular flexibility index (Phi) is 2.63. The van der Waals surface area contributed by atoms with Gasteiger partial charge in [0.05, 0.1) is 0 Å². The van der Waals surface area contributed by atoms with Gasteiger partial charge < -0.3 is 5.32 Å². The lowest BCUT2D eigenvalue weighted by atomic mass is 10.3. The fourth-order valence-corrected chi connectivity index (χ4v) is 1.48. The number of amides is 2. The molecule has 2 rings (SSSR count). The van der Waals surface area contributed by atoms with Crippen LogP contribution in [-0.2, 0) is 9.59 Å². The summed E-state index contributed by atoms with van der Waals surface area (Å²) in [5, 5.41) is 3.34. The van der Waals surface area contributed by atoms with Crippen molar-refractivity contribution >= 4 is 11.8 Å². The fraction of sp³-hybridized carbons (Fsp3) is 0.600. The maximum atomic E-state index is 11.1. The van der Waals surface area contributed by atoms with Gasteiger partial charge in [-0.3, -0.25) is 14.5 Å². The molecule has 1 aliphatic carbocycles. The third kappa shape index (κ3) is 2.20. The van der Waals surface area contributed by atoms with E-state index < -0.39 is 0 Å². The van der Waals surface area contributed by atoms with Gasteiger partial charge in [-0.15, -0.1) is 0 Å². The molecule has 1 aliphatic heterocycles. The number of nitrogens with zero attached hydrogens (tertiary/aromatic N) is 1. The average molecular weight is 194 g/mol. The van der Waals surface area contributed by atoms with Gasteiger partial charge in [-0.1, -0.05) is 0 Å². The summed E-state index contributed by atoms with van der Waals surface area (Å²) in [5.41, 5.74) is 0. The van der Waals surface area contributed by atoms with Crippen LogP contribution in [0.4, 0.5) is 0 Å². The molecule has 76 valence electrons. The number of carbonyl (C=O) groups is 2. The molecular weight excluding hydrogens is 180 g/mol. The molecule has 0 aromatic carbocycles. The van der Waals surface area contributed by atoms with Gasteiger partial charge in [-0.05, 0) is 25.8 Å². The van der Waals surface area contributed by atoms with Crippen LogP contribution < -0.4 is 5.32 Å². The largest absolute Gasteiger partial charge is 0.314 e. The van der Waals surface area contributed by atoms with Crippen LogP contribution in [0.2, 0.25) is 0 Å². The SMILES string of the molecule is O=C1C=CC(=O)N1CCCNC1CC1. The van der Waals surface area contributed by atoms with Gasteiger partial charge in [0.25, 0.3) is 11.8 Å². The lowest BCUT2D eigenvalue weighted by molar-refractivity contribution is -0.136. The van der Waals surface area contributed by atoms with Gasteiger partial charge in [-0.2, -0.15) is 0 Å². The smallest absolute Gasteiger partial charge is 0.253 e. The zero-order valence-corrected chi connectivity index (χ0v) is 8.03. The monoisotopic (exact) mass is 194 g/mol. The van der Waals surface area contributed by atoms with Gasteiger partial charge in [0.2, 0.25) is 0 Å². The van der Waals surface area contributed by atoms with E-state index in [-0.39, 0.29) is 11.8 Å². The van der Waals surface area contributed by atoms with E-state index in [1.807, 2.05) is 0 Å². The lowest BCUT2D eigenvalue weighted by Crippen LogP contribution is -2.32. The molecule has 2 aliphatic rings. The second kappa shape index (κ2) is 3.92. The Bertz CT molecular complexity index is 264. The summed E-state index contributed by atoms with van der Waals surface area (Å²) in [7, 11) is 0. The van der Waals surface area contributed by atoms with Gasteiger partial charge in [0.1, 0.15) is 0 Å². The molecule has 1 saturated carbocycles. The summed E-state index contributed by atoms with van der Waals surface area (Å²) in [6, 6.07) is 0.693. The van der Waals surface area contributed by atoms with Crippen molar-refractivity contribution in [3.8, 4) is 0 Å². The highest BCUT2D eigenvalue weighted by molar-refractivity contribution is 6.12. The van der Waals surface area contributed by atoms with Crippen molar-refractivity contribution in [2.24, 2.45) is 0 Å². The summed E-state index contributed by atoms with van der Waals surface area (Å²) in [6.45, 7) is 1.42. The van der Waals surface area contributed by atoms with E-state index in [0.29, 0.717) is 12.6 Å². The van der Waals surface area contributed by atoms with Crippen LogP contribution in [-0.4, -0.2) is 35.8 Å². The third-order valence-electron chi connectivity index (χ3n) is 2.47. The minimum atomic E-state index is -0.179. The van der Waals surface area contributed by atoms with Crippen LogP contribution >= 0.6 is 0 Å². The molecule has 1 heterocycles. The van der Waals surface area contributed by atoms with Crippen molar-refractivity contribution in [2.45, 2.75) is 25.3 Å². The maximum absolute atomic E-state index is 11.1. The highest BCUT2D eigenvalue weighted by Gasteiger charge is 2.23. The van der Waals surface area contributed by atoms with E-state index in [1.165, 1.54) is 29.9 Å². The van der Waals surface area contributed by atoms with Crippen LogP contribution in [0.25, 0.3) is 0 Å². The Labute approximate surface area is 83.0 Å². The van der Waals surface area contributed by atoms with Crippen molar-refractivity contribution < 1.29 is 9.59 Å². The third-order valence-corrected chi connectivity index (χ3v) is 2.47. The number of imide groups is 1. The molecule has 0 radical (unpaired) electrons. The Morgan fingerprint density at radius 1 is 1.29 bits per heavy atom. The molecule has 4 nitrogen and oxygen atoms in total. The van der Waals surface area contributed by atoms with Crippen LogP contribution in [0, 0.1) is 0 Å². The molecule has 0 aromatic heterocycles. The second-order valence-electron chi connectivity index (χ2n) is 3.74. The minimum absolute atomic E-state index is 0.179. The van der Waals surface area contributed by atoms with Crippen molar-refractivity contribution in [3.63, 3.8) is 0 Å². The summed E-state index contributed by atoms with van der Waals surface area (Å²) in [6.07, 6.45) is 6.04. The van der Waals surface area contributed by atoms with E-state index in [4.69, 9.17) is 0 Å². The molecule has 0 unspecified atom stereocenters.